The average molecular weight is 657 g/mol. The molecule has 8 aromatic rings. The second-order valence-electron chi connectivity index (χ2n) is 12.5. The predicted molar refractivity (Wildman–Crippen MR) is 202 cm³/mol. The van der Waals surface area contributed by atoms with Gasteiger partial charge in [-0.3, -0.25) is 4.90 Å². The molecular formula is C45H28N4O2. The summed E-state index contributed by atoms with van der Waals surface area (Å²) in [5.41, 5.74) is 9.84. The highest BCUT2D eigenvalue weighted by Crippen LogP contribution is 2.60. The normalized spacial score (nSPS) is 12.2. The van der Waals surface area contributed by atoms with Crippen molar-refractivity contribution in [3.8, 4) is 79.4 Å². The SMILES string of the molecule is c1ccc(-c2nc(-c3ccccc3)nc(-c3cccc(-c4cccc(-c5cc6c7c(c5)Oc5ccccc5N7c5ccccc5O6)c4)c3)n2)cc1. The lowest BCUT2D eigenvalue weighted by molar-refractivity contribution is 0.446. The van der Waals surface area contributed by atoms with Crippen LogP contribution in [0.4, 0.5) is 17.1 Å². The maximum Gasteiger partial charge on any atom is 0.164 e. The van der Waals surface area contributed by atoms with E-state index in [1.807, 2.05) is 97.1 Å². The minimum Gasteiger partial charge on any atom is -0.453 e. The van der Waals surface area contributed by atoms with Crippen LogP contribution in [0.1, 0.15) is 0 Å². The summed E-state index contributed by atoms with van der Waals surface area (Å²) in [7, 11) is 0. The maximum atomic E-state index is 6.52. The van der Waals surface area contributed by atoms with Crippen molar-refractivity contribution in [1.29, 1.82) is 0 Å². The lowest BCUT2D eigenvalue weighted by Crippen LogP contribution is -2.20. The number of anilines is 3. The molecular weight excluding hydrogens is 629 g/mol. The first-order chi connectivity index (χ1) is 25.2. The van der Waals surface area contributed by atoms with Gasteiger partial charge in [0.2, 0.25) is 0 Å². The first-order valence-electron chi connectivity index (χ1n) is 16.9. The molecule has 0 unspecified atom stereocenters. The summed E-state index contributed by atoms with van der Waals surface area (Å²) < 4.78 is 13.0. The van der Waals surface area contributed by atoms with Gasteiger partial charge in [0.15, 0.2) is 40.5 Å². The van der Waals surface area contributed by atoms with Crippen LogP contribution in [0, 0.1) is 0 Å². The Hall–Kier alpha value is -7.05. The molecule has 7 aromatic carbocycles. The van der Waals surface area contributed by atoms with E-state index in [0.29, 0.717) is 17.5 Å². The monoisotopic (exact) mass is 656 g/mol. The van der Waals surface area contributed by atoms with Gasteiger partial charge in [-0.05, 0) is 70.8 Å². The molecule has 240 valence electrons. The van der Waals surface area contributed by atoms with Crippen LogP contribution in [0.3, 0.4) is 0 Å². The minimum atomic E-state index is 0.619. The molecule has 51 heavy (non-hydrogen) atoms. The summed E-state index contributed by atoms with van der Waals surface area (Å²) in [5.74, 6) is 5.00. The number of fused-ring (bicyclic) bond motifs is 4. The zero-order valence-electron chi connectivity index (χ0n) is 27.3. The Bertz CT molecular complexity index is 2480. The van der Waals surface area contributed by atoms with E-state index in [-0.39, 0.29) is 0 Å². The lowest BCUT2D eigenvalue weighted by atomic mass is 9.96. The largest absolute Gasteiger partial charge is 0.453 e. The van der Waals surface area contributed by atoms with Crippen molar-refractivity contribution in [2.24, 2.45) is 0 Å². The van der Waals surface area contributed by atoms with E-state index in [1.54, 1.807) is 0 Å². The van der Waals surface area contributed by atoms with Crippen LogP contribution in [-0.4, -0.2) is 15.0 Å². The van der Waals surface area contributed by atoms with E-state index in [1.165, 1.54) is 0 Å². The Morgan fingerprint density at radius 2 is 0.706 bits per heavy atom. The Morgan fingerprint density at radius 1 is 0.314 bits per heavy atom. The van der Waals surface area contributed by atoms with Gasteiger partial charge in [0.25, 0.3) is 0 Å². The minimum absolute atomic E-state index is 0.619. The molecule has 0 saturated heterocycles. The number of rotatable bonds is 5. The first-order valence-corrected chi connectivity index (χ1v) is 16.9. The van der Waals surface area contributed by atoms with Gasteiger partial charge in [-0.25, -0.2) is 15.0 Å². The van der Waals surface area contributed by atoms with E-state index in [4.69, 9.17) is 24.4 Å². The molecule has 0 radical (unpaired) electrons. The molecule has 0 aliphatic carbocycles. The lowest BCUT2D eigenvalue weighted by Gasteiger charge is -2.38. The van der Waals surface area contributed by atoms with Crippen LogP contribution in [0.25, 0.3) is 56.4 Å². The molecule has 0 amide bonds. The number of hydrogen-bond donors (Lipinski definition) is 0. The van der Waals surface area contributed by atoms with E-state index in [2.05, 4.69) is 77.7 Å². The van der Waals surface area contributed by atoms with Gasteiger partial charge in [-0.15, -0.1) is 0 Å². The Kier molecular flexibility index (Phi) is 6.70. The summed E-state index contributed by atoms with van der Waals surface area (Å²) in [5, 5.41) is 0. The van der Waals surface area contributed by atoms with Crippen LogP contribution in [0.2, 0.25) is 0 Å². The van der Waals surface area contributed by atoms with Crippen molar-refractivity contribution in [3.05, 3.63) is 170 Å². The number of aromatic nitrogens is 3. The Morgan fingerprint density at radius 3 is 1.24 bits per heavy atom. The van der Waals surface area contributed by atoms with Gasteiger partial charge >= 0.3 is 0 Å². The van der Waals surface area contributed by atoms with Crippen molar-refractivity contribution in [1.82, 2.24) is 15.0 Å². The van der Waals surface area contributed by atoms with Gasteiger partial charge in [-0.1, -0.05) is 121 Å². The fourth-order valence-corrected chi connectivity index (χ4v) is 6.84. The van der Waals surface area contributed by atoms with Crippen LogP contribution in [0.5, 0.6) is 23.0 Å². The molecule has 2 aliphatic rings. The Balaban J connectivity index is 1.05. The third kappa shape index (κ3) is 5.09. The average Bonchev–Trinajstić information content (AvgIpc) is 3.21. The molecule has 0 fully saturated rings. The third-order valence-corrected chi connectivity index (χ3v) is 9.27. The maximum absolute atomic E-state index is 6.52. The number of nitrogens with zero attached hydrogens (tertiary/aromatic N) is 4. The summed E-state index contributed by atoms with van der Waals surface area (Å²) in [6.07, 6.45) is 0. The fraction of sp³-hybridized carbons (Fsp3) is 0. The first kappa shape index (κ1) is 28.9. The van der Waals surface area contributed by atoms with Crippen molar-refractivity contribution < 1.29 is 9.47 Å². The molecule has 6 heteroatoms. The quantitative estimate of drug-likeness (QED) is 0.184. The molecule has 0 N–H and O–H groups in total. The third-order valence-electron chi connectivity index (χ3n) is 9.27. The van der Waals surface area contributed by atoms with Gasteiger partial charge in [0.1, 0.15) is 5.69 Å². The van der Waals surface area contributed by atoms with Crippen LogP contribution in [0.15, 0.2) is 170 Å². The van der Waals surface area contributed by atoms with E-state index < -0.39 is 0 Å². The van der Waals surface area contributed by atoms with Crippen molar-refractivity contribution in [2.75, 3.05) is 4.90 Å². The second kappa shape index (κ2) is 11.8. The smallest absolute Gasteiger partial charge is 0.164 e. The molecule has 0 saturated carbocycles. The van der Waals surface area contributed by atoms with Gasteiger partial charge in [0, 0.05) is 16.7 Å². The fourth-order valence-electron chi connectivity index (χ4n) is 6.84. The molecule has 0 spiro atoms. The summed E-state index contributed by atoms with van der Waals surface area (Å²) in [4.78, 5) is 17.0. The van der Waals surface area contributed by atoms with Crippen molar-refractivity contribution in [2.45, 2.75) is 0 Å². The van der Waals surface area contributed by atoms with Crippen molar-refractivity contribution in [3.63, 3.8) is 0 Å². The molecule has 6 nitrogen and oxygen atoms in total. The van der Waals surface area contributed by atoms with Crippen LogP contribution >= 0.6 is 0 Å². The number of benzene rings is 7. The van der Waals surface area contributed by atoms with E-state index >= 15 is 0 Å². The molecule has 0 atom stereocenters. The summed E-state index contributed by atoms with van der Waals surface area (Å²) in [6, 6.07) is 57.5. The van der Waals surface area contributed by atoms with Crippen LogP contribution in [-0.2, 0) is 0 Å². The molecule has 3 heterocycles. The highest BCUT2D eigenvalue weighted by Gasteiger charge is 2.34. The van der Waals surface area contributed by atoms with E-state index in [0.717, 1.165) is 79.0 Å². The summed E-state index contributed by atoms with van der Waals surface area (Å²) in [6.45, 7) is 0. The van der Waals surface area contributed by atoms with Crippen molar-refractivity contribution >= 4 is 17.1 Å². The number of para-hydroxylation sites is 4. The van der Waals surface area contributed by atoms with Gasteiger partial charge < -0.3 is 9.47 Å². The van der Waals surface area contributed by atoms with Crippen LogP contribution < -0.4 is 14.4 Å². The highest BCUT2D eigenvalue weighted by molar-refractivity contribution is 5.95. The van der Waals surface area contributed by atoms with E-state index in [9.17, 15) is 0 Å². The molecule has 0 bridgehead atoms. The van der Waals surface area contributed by atoms with Gasteiger partial charge in [-0.2, -0.15) is 0 Å². The summed E-state index contributed by atoms with van der Waals surface area (Å²) >= 11 is 0. The standard InChI is InChI=1S/C45H28N4O2/c1-3-13-29(14-4-1)43-46-44(30-15-5-2-6-16-30)48-45(47-43)34-20-12-18-32(26-34)31-17-11-19-33(25-31)35-27-40-42-41(28-35)51-39-24-10-8-22-37(39)49(42)36-21-7-9-23-38(36)50-40/h1-28H. The number of hydrogen-bond acceptors (Lipinski definition) is 6. The molecule has 2 aliphatic heterocycles. The molecule has 10 rings (SSSR count). The zero-order valence-corrected chi connectivity index (χ0v) is 27.3. The number of ether oxygens (including phenoxy) is 2. The Labute approximate surface area is 294 Å². The molecule has 1 aromatic heterocycles. The zero-order chi connectivity index (χ0) is 33.7. The topological polar surface area (TPSA) is 60.4 Å². The second-order valence-corrected chi connectivity index (χ2v) is 12.5. The van der Waals surface area contributed by atoms with Gasteiger partial charge in [0.05, 0.1) is 11.4 Å². The highest BCUT2D eigenvalue weighted by atomic mass is 16.5. The predicted octanol–water partition coefficient (Wildman–Crippen LogP) is 11.9.